The second kappa shape index (κ2) is 5.57. The molecule has 0 aliphatic carbocycles. The molecule has 3 rings (SSSR count). The molecule has 1 amide bonds. The van der Waals surface area contributed by atoms with Gasteiger partial charge < -0.3 is 10.2 Å². The van der Waals surface area contributed by atoms with E-state index in [2.05, 4.69) is 0 Å². The minimum Gasteiger partial charge on any atom is -0.477 e. The van der Waals surface area contributed by atoms with Gasteiger partial charge in [-0.05, 0) is 36.9 Å². The van der Waals surface area contributed by atoms with Crippen LogP contribution in [0.3, 0.4) is 0 Å². The first-order valence-electron chi connectivity index (χ1n) is 6.79. The average Bonchev–Trinajstić information content (AvgIpc) is 3.04. The summed E-state index contributed by atoms with van der Waals surface area (Å²) in [5.41, 5.74) is 0.979. The number of hydrogen-bond donors (Lipinski definition) is 2. The molecule has 0 bridgehead atoms. The van der Waals surface area contributed by atoms with Gasteiger partial charge in [-0.1, -0.05) is 17.8 Å². The lowest BCUT2D eigenvalue weighted by Crippen LogP contribution is -2.60. The molecule has 1 fully saturated rings. The molecule has 3 heterocycles. The van der Waals surface area contributed by atoms with E-state index in [0.29, 0.717) is 4.91 Å². The summed E-state index contributed by atoms with van der Waals surface area (Å²) in [4.78, 5) is 26.6. The Morgan fingerprint density at radius 2 is 2.23 bits per heavy atom. The zero-order valence-corrected chi connectivity index (χ0v) is 13.6. The molecule has 5 nitrogen and oxygen atoms in total. The minimum atomic E-state index is -1.11. The van der Waals surface area contributed by atoms with Crippen molar-refractivity contribution in [3.05, 3.63) is 39.1 Å². The molecule has 2 aliphatic heterocycles. The van der Waals surface area contributed by atoms with Crippen LogP contribution < -0.4 is 0 Å². The van der Waals surface area contributed by atoms with Crippen LogP contribution in [-0.2, 0) is 9.59 Å². The first-order valence-corrected chi connectivity index (χ1v) is 8.55. The Morgan fingerprint density at radius 3 is 2.77 bits per heavy atom. The Bertz CT molecular complexity index is 690. The maximum atomic E-state index is 12.1. The van der Waals surface area contributed by atoms with Crippen molar-refractivity contribution in [1.29, 1.82) is 0 Å². The van der Waals surface area contributed by atoms with E-state index >= 15 is 0 Å². The molecule has 0 spiro atoms. The van der Waals surface area contributed by atoms with Crippen LogP contribution >= 0.6 is 23.1 Å². The summed E-state index contributed by atoms with van der Waals surface area (Å²) < 4.78 is 0. The highest BCUT2D eigenvalue weighted by molar-refractivity contribution is 8.04. The Labute approximate surface area is 135 Å². The third-order valence-electron chi connectivity index (χ3n) is 3.79. The van der Waals surface area contributed by atoms with Gasteiger partial charge in [-0.3, -0.25) is 9.69 Å². The number of β-lactam (4-membered cyclic amide) rings is 1. The number of carboxylic acid groups (broad SMARTS) is 1. The van der Waals surface area contributed by atoms with Crippen LogP contribution in [0.5, 0.6) is 0 Å². The molecule has 3 atom stereocenters. The van der Waals surface area contributed by atoms with Crippen molar-refractivity contribution >= 4 is 40.5 Å². The Hall–Kier alpha value is -1.57. The molecule has 0 radical (unpaired) electrons. The monoisotopic (exact) mass is 337 g/mol. The van der Waals surface area contributed by atoms with Gasteiger partial charge in [-0.15, -0.1) is 11.3 Å². The van der Waals surface area contributed by atoms with Crippen molar-refractivity contribution in [3.63, 3.8) is 0 Å². The van der Waals surface area contributed by atoms with Crippen molar-refractivity contribution < 1.29 is 19.8 Å². The second-order valence-electron chi connectivity index (χ2n) is 5.31. The Balaban J connectivity index is 1.96. The number of carboxylic acids is 1. The fraction of sp³-hybridized carbons (Fsp3) is 0.333. The standard InChI is InChI=1S/C15H15NO4S2/c1-7(9-4-3-5-21-9)6-10-12(15(19)20)16-13(18)11(8(2)17)14(16)22-10/h3-6,8,11,14,17H,1-2H3,(H,19,20)/t8-,11+,14-/m1/s1. The Kier molecular flexibility index (Phi) is 3.88. The number of aliphatic hydroxyl groups excluding tert-OH is 1. The SMILES string of the molecule is CC(=CC1=C(C(=O)O)N2C(=O)[C@H]([C@@H](C)O)[C@H]2S1)c1cccs1. The molecule has 0 unspecified atom stereocenters. The number of aliphatic hydroxyl groups is 1. The summed E-state index contributed by atoms with van der Waals surface area (Å²) in [5.74, 6) is -1.97. The van der Waals surface area contributed by atoms with Crippen molar-refractivity contribution in [2.75, 3.05) is 0 Å². The molecule has 0 saturated carbocycles. The van der Waals surface area contributed by atoms with Crippen molar-refractivity contribution in [1.82, 2.24) is 4.90 Å². The van der Waals surface area contributed by atoms with Crippen LogP contribution in [-0.4, -0.2) is 38.5 Å². The van der Waals surface area contributed by atoms with Gasteiger partial charge in [-0.2, -0.15) is 0 Å². The lowest BCUT2D eigenvalue weighted by atomic mass is 9.92. The predicted octanol–water partition coefficient (Wildman–Crippen LogP) is 2.36. The lowest BCUT2D eigenvalue weighted by Gasteiger charge is -2.43. The van der Waals surface area contributed by atoms with Crippen molar-refractivity contribution in [2.45, 2.75) is 25.3 Å². The molecule has 1 saturated heterocycles. The number of thiophene rings is 1. The normalized spacial score (nSPS) is 26.0. The summed E-state index contributed by atoms with van der Waals surface area (Å²) in [6, 6.07) is 3.90. The molecule has 1 aromatic heterocycles. The van der Waals surface area contributed by atoms with E-state index in [9.17, 15) is 19.8 Å². The molecule has 1 aromatic rings. The van der Waals surface area contributed by atoms with E-state index in [0.717, 1.165) is 10.5 Å². The van der Waals surface area contributed by atoms with Gasteiger partial charge in [0.1, 0.15) is 11.1 Å². The first-order chi connectivity index (χ1) is 10.4. The van der Waals surface area contributed by atoms with E-state index in [-0.39, 0.29) is 17.0 Å². The molecule has 22 heavy (non-hydrogen) atoms. The van der Waals surface area contributed by atoms with Gasteiger partial charge in [0, 0.05) is 9.78 Å². The topological polar surface area (TPSA) is 77.8 Å². The number of nitrogens with zero attached hydrogens (tertiary/aromatic N) is 1. The summed E-state index contributed by atoms with van der Waals surface area (Å²) >= 11 is 2.91. The molecular weight excluding hydrogens is 322 g/mol. The van der Waals surface area contributed by atoms with Gasteiger partial charge in [-0.25, -0.2) is 4.79 Å². The maximum Gasteiger partial charge on any atom is 0.353 e. The number of hydrogen-bond acceptors (Lipinski definition) is 5. The van der Waals surface area contributed by atoms with Crippen LogP contribution in [0.2, 0.25) is 0 Å². The van der Waals surface area contributed by atoms with E-state index in [4.69, 9.17) is 0 Å². The fourth-order valence-electron chi connectivity index (χ4n) is 2.68. The van der Waals surface area contributed by atoms with Crippen LogP contribution in [0, 0.1) is 5.92 Å². The van der Waals surface area contributed by atoms with Crippen molar-refractivity contribution in [3.8, 4) is 0 Å². The highest BCUT2D eigenvalue weighted by Crippen LogP contribution is 2.51. The molecule has 7 heteroatoms. The van der Waals surface area contributed by atoms with Gasteiger partial charge in [0.15, 0.2) is 0 Å². The third kappa shape index (κ3) is 2.29. The summed E-state index contributed by atoms with van der Waals surface area (Å²) in [6.45, 7) is 3.48. The van der Waals surface area contributed by atoms with Crippen LogP contribution in [0.15, 0.2) is 34.2 Å². The minimum absolute atomic E-state index is 0.0211. The number of fused-ring (bicyclic) bond motifs is 1. The highest BCUT2D eigenvalue weighted by Gasteiger charge is 2.57. The zero-order chi connectivity index (χ0) is 16.0. The van der Waals surface area contributed by atoms with Gasteiger partial charge >= 0.3 is 5.97 Å². The van der Waals surface area contributed by atoms with E-state index < -0.39 is 18.0 Å². The first kappa shape index (κ1) is 15.3. The quantitative estimate of drug-likeness (QED) is 0.825. The summed E-state index contributed by atoms with van der Waals surface area (Å²) in [6.07, 6.45) is 1.03. The molecule has 116 valence electrons. The molecule has 0 aromatic carbocycles. The summed E-state index contributed by atoms with van der Waals surface area (Å²) in [7, 11) is 0. The van der Waals surface area contributed by atoms with Crippen LogP contribution in [0.4, 0.5) is 0 Å². The number of carbonyl (C=O) groups is 2. The van der Waals surface area contributed by atoms with Crippen LogP contribution in [0.1, 0.15) is 18.7 Å². The van der Waals surface area contributed by atoms with E-state index in [1.165, 1.54) is 16.7 Å². The maximum absolute atomic E-state index is 12.1. The molecular formula is C15H15NO4S2. The largest absolute Gasteiger partial charge is 0.477 e. The van der Waals surface area contributed by atoms with Gasteiger partial charge in [0.25, 0.3) is 0 Å². The third-order valence-corrected chi connectivity index (χ3v) is 6.10. The summed E-state index contributed by atoms with van der Waals surface area (Å²) in [5, 5.41) is 20.8. The van der Waals surface area contributed by atoms with E-state index in [1.54, 1.807) is 18.3 Å². The number of amides is 1. The number of rotatable bonds is 4. The fourth-order valence-corrected chi connectivity index (χ4v) is 4.99. The molecule has 2 aliphatic rings. The predicted molar refractivity (Wildman–Crippen MR) is 86.0 cm³/mol. The Morgan fingerprint density at radius 1 is 1.50 bits per heavy atom. The average molecular weight is 337 g/mol. The number of carbonyl (C=O) groups excluding carboxylic acids is 1. The highest BCUT2D eigenvalue weighted by atomic mass is 32.2. The number of thioether (sulfide) groups is 1. The van der Waals surface area contributed by atoms with Crippen LogP contribution in [0.25, 0.3) is 5.57 Å². The van der Waals surface area contributed by atoms with Gasteiger partial charge in [0.2, 0.25) is 5.91 Å². The van der Waals surface area contributed by atoms with Crippen molar-refractivity contribution in [2.24, 2.45) is 5.92 Å². The lowest BCUT2D eigenvalue weighted by molar-refractivity contribution is -0.156. The van der Waals surface area contributed by atoms with Gasteiger partial charge in [0.05, 0.1) is 12.0 Å². The number of allylic oxidation sites excluding steroid dienone is 2. The second-order valence-corrected chi connectivity index (χ2v) is 7.41. The number of aliphatic carboxylic acids is 1. The zero-order valence-electron chi connectivity index (χ0n) is 12.0. The molecule has 2 N–H and O–H groups in total. The smallest absolute Gasteiger partial charge is 0.353 e. The van der Waals surface area contributed by atoms with E-state index in [1.807, 2.05) is 30.5 Å².